The number of rotatable bonds is 7. The van der Waals surface area contributed by atoms with E-state index in [1.54, 1.807) is 6.07 Å². The first-order chi connectivity index (χ1) is 7.24. The SMILES string of the molecule is C=CCCCCCC(=O)c1ccc(C)o1. The first-order valence-electron chi connectivity index (χ1n) is 5.44. The Bertz CT molecular complexity index is 323. The van der Waals surface area contributed by atoms with Gasteiger partial charge in [-0.05, 0) is 38.3 Å². The molecule has 0 aliphatic rings. The molecule has 0 fully saturated rings. The van der Waals surface area contributed by atoms with E-state index in [2.05, 4.69) is 6.58 Å². The molecule has 82 valence electrons. The van der Waals surface area contributed by atoms with Gasteiger partial charge in [0.1, 0.15) is 5.76 Å². The van der Waals surface area contributed by atoms with Crippen LogP contribution in [-0.4, -0.2) is 5.78 Å². The zero-order chi connectivity index (χ0) is 11.1. The minimum absolute atomic E-state index is 0.113. The van der Waals surface area contributed by atoms with Crippen LogP contribution in [0.3, 0.4) is 0 Å². The van der Waals surface area contributed by atoms with Crippen molar-refractivity contribution in [1.82, 2.24) is 0 Å². The van der Waals surface area contributed by atoms with Crippen molar-refractivity contribution in [1.29, 1.82) is 0 Å². The standard InChI is InChI=1S/C13H18O2/c1-3-4-5-6-7-8-12(14)13-10-9-11(2)15-13/h3,9-10H,1,4-8H2,2H3. The predicted molar refractivity (Wildman–Crippen MR) is 61.1 cm³/mol. The quantitative estimate of drug-likeness (QED) is 0.384. The molecule has 1 rings (SSSR count). The molecule has 0 N–H and O–H groups in total. The Morgan fingerprint density at radius 2 is 2.20 bits per heavy atom. The van der Waals surface area contributed by atoms with Crippen LogP contribution in [0.5, 0.6) is 0 Å². The number of Topliss-reactive ketones (excluding diaryl/α,β-unsaturated/α-hetero) is 1. The second-order valence-corrected chi connectivity index (χ2v) is 3.72. The lowest BCUT2D eigenvalue weighted by atomic mass is 10.1. The maximum Gasteiger partial charge on any atom is 0.197 e. The van der Waals surface area contributed by atoms with Crippen LogP contribution in [-0.2, 0) is 0 Å². The third kappa shape index (κ3) is 4.15. The molecule has 0 aliphatic carbocycles. The largest absolute Gasteiger partial charge is 0.458 e. The number of hydrogen-bond acceptors (Lipinski definition) is 2. The molecule has 0 aromatic carbocycles. The summed E-state index contributed by atoms with van der Waals surface area (Å²) in [6.07, 6.45) is 6.67. The lowest BCUT2D eigenvalue weighted by Crippen LogP contribution is -1.96. The van der Waals surface area contributed by atoms with Crippen LogP contribution in [0.1, 0.15) is 48.4 Å². The number of unbranched alkanes of at least 4 members (excludes halogenated alkanes) is 3. The lowest BCUT2D eigenvalue weighted by Gasteiger charge is -1.97. The summed E-state index contributed by atoms with van der Waals surface area (Å²) in [7, 11) is 0. The Kier molecular flexibility index (Phi) is 4.88. The fourth-order valence-corrected chi connectivity index (χ4v) is 1.46. The molecule has 0 saturated heterocycles. The van der Waals surface area contributed by atoms with Gasteiger partial charge >= 0.3 is 0 Å². The number of furan rings is 1. The summed E-state index contributed by atoms with van der Waals surface area (Å²) in [5.41, 5.74) is 0. The van der Waals surface area contributed by atoms with E-state index in [0.717, 1.165) is 31.4 Å². The number of aryl methyl sites for hydroxylation is 1. The van der Waals surface area contributed by atoms with Crippen molar-refractivity contribution in [3.05, 3.63) is 36.3 Å². The Hall–Kier alpha value is -1.31. The molecular weight excluding hydrogens is 188 g/mol. The summed E-state index contributed by atoms with van der Waals surface area (Å²) in [6, 6.07) is 3.58. The van der Waals surface area contributed by atoms with E-state index in [1.165, 1.54) is 0 Å². The average molecular weight is 206 g/mol. The van der Waals surface area contributed by atoms with Crippen molar-refractivity contribution >= 4 is 5.78 Å². The van der Waals surface area contributed by atoms with Crippen molar-refractivity contribution in [3.63, 3.8) is 0 Å². The van der Waals surface area contributed by atoms with Crippen LogP contribution >= 0.6 is 0 Å². The van der Waals surface area contributed by atoms with Crippen LogP contribution in [0.15, 0.2) is 29.2 Å². The van der Waals surface area contributed by atoms with Gasteiger partial charge in [-0.1, -0.05) is 12.5 Å². The summed E-state index contributed by atoms with van der Waals surface area (Å²) in [5.74, 6) is 1.41. The van der Waals surface area contributed by atoms with Crippen LogP contribution in [0.25, 0.3) is 0 Å². The van der Waals surface area contributed by atoms with Gasteiger partial charge in [0.15, 0.2) is 11.5 Å². The van der Waals surface area contributed by atoms with Gasteiger partial charge in [0.25, 0.3) is 0 Å². The fourth-order valence-electron chi connectivity index (χ4n) is 1.46. The van der Waals surface area contributed by atoms with Crippen molar-refractivity contribution < 1.29 is 9.21 Å². The molecular formula is C13H18O2. The molecule has 1 aromatic heterocycles. The van der Waals surface area contributed by atoms with Crippen LogP contribution < -0.4 is 0 Å². The van der Waals surface area contributed by atoms with Gasteiger partial charge in [-0.3, -0.25) is 4.79 Å². The molecule has 0 radical (unpaired) electrons. The molecule has 2 nitrogen and oxygen atoms in total. The number of hydrogen-bond donors (Lipinski definition) is 0. The molecule has 0 amide bonds. The van der Waals surface area contributed by atoms with Crippen molar-refractivity contribution in [2.45, 2.75) is 39.0 Å². The Morgan fingerprint density at radius 1 is 1.40 bits per heavy atom. The highest BCUT2D eigenvalue weighted by Gasteiger charge is 2.08. The smallest absolute Gasteiger partial charge is 0.197 e. The number of carbonyl (C=O) groups excluding carboxylic acids is 1. The maximum atomic E-state index is 11.6. The van der Waals surface area contributed by atoms with E-state index in [0.29, 0.717) is 12.2 Å². The molecule has 1 heterocycles. The minimum Gasteiger partial charge on any atom is -0.458 e. The molecule has 1 aromatic rings. The molecule has 0 unspecified atom stereocenters. The number of allylic oxidation sites excluding steroid dienone is 1. The van der Waals surface area contributed by atoms with E-state index in [-0.39, 0.29) is 5.78 Å². The van der Waals surface area contributed by atoms with E-state index in [4.69, 9.17) is 4.42 Å². The molecule has 15 heavy (non-hydrogen) atoms. The lowest BCUT2D eigenvalue weighted by molar-refractivity contribution is 0.0951. The minimum atomic E-state index is 0.113. The van der Waals surface area contributed by atoms with Crippen LogP contribution in [0.2, 0.25) is 0 Å². The Labute approximate surface area is 91.0 Å². The molecule has 0 saturated carbocycles. The zero-order valence-corrected chi connectivity index (χ0v) is 9.29. The van der Waals surface area contributed by atoms with Gasteiger partial charge in [-0.25, -0.2) is 0 Å². The average Bonchev–Trinajstić information content (AvgIpc) is 2.64. The molecule has 0 atom stereocenters. The van der Waals surface area contributed by atoms with E-state index in [9.17, 15) is 4.79 Å². The van der Waals surface area contributed by atoms with Crippen molar-refractivity contribution in [3.8, 4) is 0 Å². The summed E-state index contributed by atoms with van der Waals surface area (Å²) in [6.45, 7) is 5.51. The van der Waals surface area contributed by atoms with Gasteiger partial charge in [0.05, 0.1) is 0 Å². The molecule has 2 heteroatoms. The topological polar surface area (TPSA) is 30.2 Å². The van der Waals surface area contributed by atoms with Gasteiger partial charge < -0.3 is 4.42 Å². The third-order valence-electron chi connectivity index (χ3n) is 2.33. The van der Waals surface area contributed by atoms with Gasteiger partial charge in [-0.2, -0.15) is 0 Å². The highest BCUT2D eigenvalue weighted by atomic mass is 16.3. The van der Waals surface area contributed by atoms with E-state index < -0.39 is 0 Å². The van der Waals surface area contributed by atoms with Crippen LogP contribution in [0, 0.1) is 6.92 Å². The highest BCUT2D eigenvalue weighted by Crippen LogP contribution is 2.12. The van der Waals surface area contributed by atoms with Crippen molar-refractivity contribution in [2.75, 3.05) is 0 Å². The summed E-state index contributed by atoms with van der Waals surface area (Å²) < 4.78 is 5.26. The summed E-state index contributed by atoms with van der Waals surface area (Å²) in [4.78, 5) is 11.6. The normalized spacial score (nSPS) is 10.2. The number of carbonyl (C=O) groups is 1. The van der Waals surface area contributed by atoms with Crippen LogP contribution in [0.4, 0.5) is 0 Å². The molecule has 0 spiro atoms. The molecule has 0 aliphatic heterocycles. The summed E-state index contributed by atoms with van der Waals surface area (Å²) in [5, 5.41) is 0. The van der Waals surface area contributed by atoms with Crippen molar-refractivity contribution in [2.24, 2.45) is 0 Å². The first kappa shape index (κ1) is 11.8. The highest BCUT2D eigenvalue weighted by molar-refractivity contribution is 5.93. The fraction of sp³-hybridized carbons (Fsp3) is 0.462. The van der Waals surface area contributed by atoms with E-state index in [1.807, 2.05) is 19.1 Å². The second kappa shape index (κ2) is 6.23. The summed E-state index contributed by atoms with van der Waals surface area (Å²) >= 11 is 0. The Balaban J connectivity index is 2.22. The van der Waals surface area contributed by atoms with Gasteiger partial charge in [-0.15, -0.1) is 6.58 Å². The van der Waals surface area contributed by atoms with Gasteiger partial charge in [0.2, 0.25) is 0 Å². The number of ketones is 1. The van der Waals surface area contributed by atoms with Gasteiger partial charge in [0, 0.05) is 6.42 Å². The Morgan fingerprint density at radius 3 is 2.80 bits per heavy atom. The third-order valence-corrected chi connectivity index (χ3v) is 2.33. The zero-order valence-electron chi connectivity index (χ0n) is 9.29. The molecule has 0 bridgehead atoms. The first-order valence-corrected chi connectivity index (χ1v) is 5.44. The predicted octanol–water partition coefficient (Wildman–Crippen LogP) is 3.91. The second-order valence-electron chi connectivity index (χ2n) is 3.72. The maximum absolute atomic E-state index is 11.6. The monoisotopic (exact) mass is 206 g/mol. The van der Waals surface area contributed by atoms with E-state index >= 15 is 0 Å².